The molecular weight excluding hydrogens is 436 g/mol. The van der Waals surface area contributed by atoms with Gasteiger partial charge in [-0.15, -0.1) is 0 Å². The van der Waals surface area contributed by atoms with E-state index in [4.69, 9.17) is 15.0 Å². The number of piperidine rings is 1. The Morgan fingerprint density at radius 1 is 1.09 bits per heavy atom. The average Bonchev–Trinajstić information content (AvgIpc) is 3.66. The van der Waals surface area contributed by atoms with Gasteiger partial charge in [0.15, 0.2) is 0 Å². The maximum atomic E-state index is 13.5. The third kappa shape index (κ3) is 4.26. The lowest BCUT2D eigenvalue weighted by atomic mass is 9.88. The van der Waals surface area contributed by atoms with E-state index in [1.807, 2.05) is 23.1 Å². The minimum Gasteiger partial charge on any atom is -0.374 e. The Balaban J connectivity index is 1.22. The van der Waals surface area contributed by atoms with Crippen molar-refractivity contribution in [2.45, 2.75) is 57.0 Å². The molecule has 178 valence electrons. The van der Waals surface area contributed by atoms with Gasteiger partial charge in [-0.3, -0.25) is 4.79 Å². The van der Waals surface area contributed by atoms with Crippen LogP contribution in [0.3, 0.4) is 0 Å². The highest BCUT2D eigenvalue weighted by Crippen LogP contribution is 2.45. The molecule has 0 unspecified atom stereocenters. The van der Waals surface area contributed by atoms with E-state index in [-0.39, 0.29) is 11.8 Å². The van der Waals surface area contributed by atoms with Crippen molar-refractivity contribution in [3.63, 3.8) is 0 Å². The Morgan fingerprint density at radius 2 is 1.86 bits per heavy atom. The Hall–Kier alpha value is -3.43. The first-order valence-electron chi connectivity index (χ1n) is 12.7. The molecule has 6 heteroatoms. The predicted molar refractivity (Wildman–Crippen MR) is 133 cm³/mol. The summed E-state index contributed by atoms with van der Waals surface area (Å²) < 4.78 is 5.69. The highest BCUT2D eigenvalue weighted by Gasteiger charge is 2.31. The van der Waals surface area contributed by atoms with Gasteiger partial charge in [0.1, 0.15) is 5.82 Å². The highest BCUT2D eigenvalue weighted by molar-refractivity contribution is 5.95. The number of ether oxygens (including phenoxy) is 1. The van der Waals surface area contributed by atoms with Gasteiger partial charge in [0.2, 0.25) is 0 Å². The molecule has 1 amide bonds. The fraction of sp³-hybridized carbons (Fsp3) is 0.414. The number of hydrogen-bond donors (Lipinski definition) is 1. The number of fused-ring (bicyclic) bond motifs is 1. The fourth-order valence-electron chi connectivity index (χ4n) is 5.56. The third-order valence-corrected chi connectivity index (χ3v) is 7.76. The number of nitriles is 1. The lowest BCUT2D eigenvalue weighted by Gasteiger charge is -2.32. The number of benzene rings is 2. The second-order valence-electron chi connectivity index (χ2n) is 10.2. The molecule has 0 radical (unpaired) electrons. The summed E-state index contributed by atoms with van der Waals surface area (Å²) >= 11 is 0. The largest absolute Gasteiger partial charge is 0.374 e. The summed E-state index contributed by atoms with van der Waals surface area (Å²) in [6, 6.07) is 16.3. The number of amides is 1. The maximum absolute atomic E-state index is 13.5. The Kier molecular flexibility index (Phi) is 5.66. The van der Waals surface area contributed by atoms with Crippen LogP contribution in [0.25, 0.3) is 11.4 Å². The van der Waals surface area contributed by atoms with Crippen molar-refractivity contribution in [3.8, 4) is 17.5 Å². The van der Waals surface area contributed by atoms with Crippen LogP contribution in [0.5, 0.6) is 0 Å². The van der Waals surface area contributed by atoms with Crippen LogP contribution in [-0.2, 0) is 11.3 Å². The van der Waals surface area contributed by atoms with Crippen molar-refractivity contribution in [1.29, 1.82) is 5.26 Å². The zero-order valence-corrected chi connectivity index (χ0v) is 20.1. The van der Waals surface area contributed by atoms with Crippen molar-refractivity contribution in [2.24, 2.45) is 0 Å². The highest BCUT2D eigenvalue weighted by atomic mass is 16.5. The number of hydrogen-bond acceptors (Lipinski definition) is 4. The first-order chi connectivity index (χ1) is 17.1. The molecule has 1 saturated carbocycles. The molecule has 1 N–H and O–H groups in total. The molecular formula is C29H30N4O2. The number of nitrogens with one attached hydrogen (secondary N) is 1. The average molecular weight is 467 g/mol. The third-order valence-electron chi connectivity index (χ3n) is 7.76. The fourth-order valence-corrected chi connectivity index (χ4v) is 5.56. The smallest absolute Gasteiger partial charge is 0.253 e. The Morgan fingerprint density at radius 3 is 2.54 bits per heavy atom. The minimum absolute atomic E-state index is 0.0971. The van der Waals surface area contributed by atoms with Crippen molar-refractivity contribution >= 4 is 5.91 Å². The van der Waals surface area contributed by atoms with E-state index in [1.54, 1.807) is 0 Å². The summed E-state index contributed by atoms with van der Waals surface area (Å²) in [6.07, 6.45) is 4.27. The maximum Gasteiger partial charge on any atom is 0.253 e. The number of likely N-dealkylation sites (tertiary alicyclic amines) is 1. The number of carbonyl (C=O) groups excluding carboxylic acids is 1. The molecule has 3 heterocycles. The molecule has 6 nitrogen and oxygen atoms in total. The molecule has 35 heavy (non-hydrogen) atoms. The Labute approximate surface area is 205 Å². The molecule has 1 atom stereocenters. The molecule has 0 bridgehead atoms. The SMILES string of the molecule is C[C@@H]1COCc2[nH]c(-c3cc(C(=O)N4CCC(c5ccc(C#N)cc5)CC4)ccc3C3CC3)nc21. The molecule has 0 spiro atoms. The summed E-state index contributed by atoms with van der Waals surface area (Å²) in [5.74, 6) is 2.23. The van der Waals surface area contributed by atoms with Crippen LogP contribution in [-0.4, -0.2) is 40.5 Å². The van der Waals surface area contributed by atoms with Gasteiger partial charge in [0.05, 0.1) is 36.2 Å². The summed E-state index contributed by atoms with van der Waals surface area (Å²) in [5, 5.41) is 9.03. The predicted octanol–water partition coefficient (Wildman–Crippen LogP) is 5.48. The molecule has 2 aromatic carbocycles. The number of H-pyrrole nitrogens is 1. The normalized spacial score (nSPS) is 20.3. The number of nitrogens with zero attached hydrogens (tertiary/aromatic N) is 3. The zero-order chi connectivity index (χ0) is 23.9. The lowest BCUT2D eigenvalue weighted by Crippen LogP contribution is -2.38. The van der Waals surface area contributed by atoms with Gasteiger partial charge in [-0.05, 0) is 72.9 Å². The molecule has 1 aromatic heterocycles. The standard InChI is InChI=1S/C29H30N4O2/c1-18-16-35-17-26-27(18)32-28(31-26)25-14-23(8-9-24(25)22-6-7-22)29(34)33-12-10-21(11-13-33)20-4-2-19(15-30)3-5-20/h2-5,8-9,14,18,21-22H,6-7,10-13,16-17H2,1H3,(H,31,32)/t18-/m1/s1. The van der Waals surface area contributed by atoms with Crippen LogP contribution in [0.4, 0.5) is 0 Å². The van der Waals surface area contributed by atoms with Crippen molar-refractivity contribution in [3.05, 3.63) is 76.1 Å². The Bertz CT molecular complexity index is 1290. The van der Waals surface area contributed by atoms with Crippen LogP contribution in [0, 0.1) is 11.3 Å². The first kappa shape index (κ1) is 22.1. The summed E-state index contributed by atoms with van der Waals surface area (Å²) in [6.45, 7) is 4.90. The first-order valence-corrected chi connectivity index (χ1v) is 12.7. The van der Waals surface area contributed by atoms with E-state index in [1.165, 1.54) is 24.0 Å². The number of imidazole rings is 1. The molecule has 3 aromatic rings. The van der Waals surface area contributed by atoms with E-state index in [0.29, 0.717) is 30.6 Å². The van der Waals surface area contributed by atoms with Gasteiger partial charge < -0.3 is 14.6 Å². The van der Waals surface area contributed by atoms with E-state index in [9.17, 15) is 4.79 Å². The van der Waals surface area contributed by atoms with Gasteiger partial charge in [-0.25, -0.2) is 4.98 Å². The summed E-state index contributed by atoms with van der Waals surface area (Å²) in [4.78, 5) is 23.9. The number of rotatable bonds is 4. The van der Waals surface area contributed by atoms with Crippen molar-refractivity contribution in [1.82, 2.24) is 14.9 Å². The van der Waals surface area contributed by atoms with Crippen LogP contribution in [0.2, 0.25) is 0 Å². The monoisotopic (exact) mass is 466 g/mol. The van der Waals surface area contributed by atoms with Crippen LogP contribution in [0.1, 0.15) is 88.8 Å². The van der Waals surface area contributed by atoms with E-state index in [0.717, 1.165) is 54.3 Å². The summed E-state index contributed by atoms with van der Waals surface area (Å²) in [7, 11) is 0. The number of aromatic nitrogens is 2. The van der Waals surface area contributed by atoms with Crippen molar-refractivity contribution in [2.75, 3.05) is 19.7 Å². The van der Waals surface area contributed by atoms with Gasteiger partial charge in [0, 0.05) is 30.1 Å². The zero-order valence-electron chi connectivity index (χ0n) is 20.1. The number of carbonyl (C=O) groups is 1. The van der Waals surface area contributed by atoms with Gasteiger partial charge in [-0.1, -0.05) is 25.1 Å². The quantitative estimate of drug-likeness (QED) is 0.552. The molecule has 2 fully saturated rings. The van der Waals surface area contributed by atoms with Gasteiger partial charge in [-0.2, -0.15) is 5.26 Å². The molecule has 6 rings (SSSR count). The minimum atomic E-state index is 0.0971. The summed E-state index contributed by atoms with van der Waals surface area (Å²) in [5.41, 5.74) is 7.18. The van der Waals surface area contributed by atoms with E-state index in [2.05, 4.69) is 42.2 Å². The lowest BCUT2D eigenvalue weighted by molar-refractivity contribution is 0.0713. The molecule has 2 aliphatic heterocycles. The molecule has 1 aliphatic carbocycles. The van der Waals surface area contributed by atoms with Crippen LogP contribution in [0.15, 0.2) is 42.5 Å². The van der Waals surface area contributed by atoms with Crippen LogP contribution >= 0.6 is 0 Å². The van der Waals surface area contributed by atoms with Gasteiger partial charge >= 0.3 is 0 Å². The number of aromatic amines is 1. The van der Waals surface area contributed by atoms with E-state index >= 15 is 0 Å². The van der Waals surface area contributed by atoms with Gasteiger partial charge in [0.25, 0.3) is 5.91 Å². The molecule has 1 saturated heterocycles. The van der Waals surface area contributed by atoms with Crippen molar-refractivity contribution < 1.29 is 9.53 Å². The topological polar surface area (TPSA) is 82.0 Å². The second-order valence-corrected chi connectivity index (χ2v) is 10.2. The van der Waals surface area contributed by atoms with E-state index < -0.39 is 0 Å². The van der Waals surface area contributed by atoms with Crippen LogP contribution < -0.4 is 0 Å². The second kappa shape index (κ2) is 8.98. The molecule has 3 aliphatic rings.